The van der Waals surface area contributed by atoms with Gasteiger partial charge in [-0.15, -0.1) is 11.3 Å². The minimum atomic E-state index is -0.164. The molecule has 3 rings (SSSR count). The number of amides is 1. The second kappa shape index (κ2) is 7.48. The van der Waals surface area contributed by atoms with Crippen LogP contribution in [0.4, 0.5) is 0 Å². The van der Waals surface area contributed by atoms with Crippen LogP contribution in [-0.4, -0.2) is 15.6 Å². The van der Waals surface area contributed by atoms with Crippen LogP contribution in [0, 0.1) is 13.8 Å². The van der Waals surface area contributed by atoms with Crippen LogP contribution in [0.25, 0.3) is 0 Å². The van der Waals surface area contributed by atoms with Gasteiger partial charge in [0.1, 0.15) is 18.1 Å². The summed E-state index contributed by atoms with van der Waals surface area (Å²) in [5, 5.41) is 5.81. The highest BCUT2D eigenvalue weighted by atomic mass is 32.1. The molecule has 130 valence electrons. The van der Waals surface area contributed by atoms with Crippen LogP contribution in [0.3, 0.4) is 0 Å². The third-order valence-electron chi connectivity index (χ3n) is 3.82. The molecule has 2 aromatic heterocycles. The zero-order valence-electron chi connectivity index (χ0n) is 14.4. The molecule has 0 fully saturated rings. The maximum absolute atomic E-state index is 12.1. The molecule has 0 atom stereocenters. The second-order valence-electron chi connectivity index (χ2n) is 5.71. The third-order valence-corrected chi connectivity index (χ3v) is 4.67. The van der Waals surface area contributed by atoms with Gasteiger partial charge in [-0.1, -0.05) is 17.3 Å². The fourth-order valence-corrected chi connectivity index (χ4v) is 3.07. The number of aryl methyl sites for hydroxylation is 3. The summed E-state index contributed by atoms with van der Waals surface area (Å²) < 4.78 is 12.7. The van der Waals surface area contributed by atoms with E-state index in [2.05, 4.69) is 10.1 Å². The Hall–Kier alpha value is -2.67. The maximum atomic E-state index is 12.1. The SMILES string of the molecule is Cc1noc(C)c1COc1ccc(CC(=O)N=c2sccn2C)cc1. The number of benzene rings is 1. The first-order valence-corrected chi connectivity index (χ1v) is 8.72. The lowest BCUT2D eigenvalue weighted by molar-refractivity contribution is -0.117. The minimum Gasteiger partial charge on any atom is -0.489 e. The first kappa shape index (κ1) is 17.2. The van der Waals surface area contributed by atoms with Crippen LogP contribution in [-0.2, 0) is 24.9 Å². The molecule has 1 aromatic carbocycles. The van der Waals surface area contributed by atoms with E-state index in [0.717, 1.165) is 28.3 Å². The number of thiazole rings is 1. The van der Waals surface area contributed by atoms with Gasteiger partial charge in [-0.25, -0.2) is 0 Å². The molecule has 3 aromatic rings. The van der Waals surface area contributed by atoms with E-state index in [1.54, 1.807) is 0 Å². The van der Waals surface area contributed by atoms with Crippen molar-refractivity contribution >= 4 is 17.2 Å². The van der Waals surface area contributed by atoms with E-state index in [9.17, 15) is 4.79 Å². The second-order valence-corrected chi connectivity index (χ2v) is 6.59. The molecule has 0 aliphatic rings. The van der Waals surface area contributed by atoms with Crippen LogP contribution < -0.4 is 9.54 Å². The molecule has 0 radical (unpaired) electrons. The molecule has 2 heterocycles. The van der Waals surface area contributed by atoms with E-state index < -0.39 is 0 Å². The Morgan fingerprint density at radius 2 is 2.08 bits per heavy atom. The third kappa shape index (κ3) is 4.24. The van der Waals surface area contributed by atoms with Crippen molar-refractivity contribution in [2.45, 2.75) is 26.9 Å². The Bertz CT molecular complexity index is 916. The van der Waals surface area contributed by atoms with E-state index in [4.69, 9.17) is 9.26 Å². The average Bonchev–Trinajstić information content (AvgIpc) is 3.13. The van der Waals surface area contributed by atoms with Crippen molar-refractivity contribution in [3.63, 3.8) is 0 Å². The maximum Gasteiger partial charge on any atom is 0.252 e. The van der Waals surface area contributed by atoms with Crippen LogP contribution in [0.1, 0.15) is 22.6 Å². The normalized spacial score (nSPS) is 11.7. The van der Waals surface area contributed by atoms with E-state index >= 15 is 0 Å². The fourth-order valence-electron chi connectivity index (χ4n) is 2.32. The van der Waals surface area contributed by atoms with Crippen molar-refractivity contribution < 1.29 is 14.1 Å². The molecule has 1 amide bonds. The predicted molar refractivity (Wildman–Crippen MR) is 94.3 cm³/mol. The highest BCUT2D eigenvalue weighted by Gasteiger charge is 2.09. The summed E-state index contributed by atoms with van der Waals surface area (Å²) in [5.74, 6) is 1.34. The van der Waals surface area contributed by atoms with Gasteiger partial charge in [-0.05, 0) is 31.5 Å². The minimum absolute atomic E-state index is 0.164. The standard InChI is InChI=1S/C18H19N3O3S/c1-12-16(13(2)24-20-12)11-23-15-6-4-14(5-7-15)10-17(22)19-18-21(3)8-9-25-18/h4-9H,10-11H2,1-3H3. The van der Waals surface area contributed by atoms with Gasteiger partial charge in [-0.3, -0.25) is 4.79 Å². The first-order chi connectivity index (χ1) is 12.0. The molecule has 6 nitrogen and oxygen atoms in total. The van der Waals surface area contributed by atoms with E-state index in [0.29, 0.717) is 11.4 Å². The first-order valence-electron chi connectivity index (χ1n) is 7.84. The lowest BCUT2D eigenvalue weighted by Gasteiger charge is -2.06. The van der Waals surface area contributed by atoms with Crippen LogP contribution in [0.15, 0.2) is 45.4 Å². The molecule has 0 spiro atoms. The number of carbonyl (C=O) groups excluding carboxylic acids is 1. The molecule has 0 aliphatic heterocycles. The number of aromatic nitrogens is 2. The van der Waals surface area contributed by atoms with E-state index in [-0.39, 0.29) is 12.3 Å². The van der Waals surface area contributed by atoms with E-state index in [1.807, 2.05) is 61.3 Å². The number of hydrogen-bond acceptors (Lipinski definition) is 5. The number of ether oxygens (including phenoxy) is 1. The van der Waals surface area contributed by atoms with Gasteiger partial charge in [0.15, 0.2) is 4.80 Å². The Morgan fingerprint density at radius 1 is 1.32 bits per heavy atom. The van der Waals surface area contributed by atoms with Crippen molar-refractivity contribution in [3.05, 3.63) is 63.2 Å². The lowest BCUT2D eigenvalue weighted by Crippen LogP contribution is -2.13. The predicted octanol–water partition coefficient (Wildman–Crippen LogP) is 2.94. The van der Waals surface area contributed by atoms with Crippen molar-refractivity contribution in [3.8, 4) is 5.75 Å². The summed E-state index contributed by atoms with van der Waals surface area (Å²) >= 11 is 1.44. The topological polar surface area (TPSA) is 69.6 Å². The van der Waals surface area contributed by atoms with E-state index in [1.165, 1.54) is 11.3 Å². The zero-order valence-corrected chi connectivity index (χ0v) is 15.2. The quantitative estimate of drug-likeness (QED) is 0.704. The summed E-state index contributed by atoms with van der Waals surface area (Å²) in [6.07, 6.45) is 2.14. The molecule has 0 unspecified atom stereocenters. The van der Waals surface area contributed by atoms with Crippen LogP contribution in [0.2, 0.25) is 0 Å². The summed E-state index contributed by atoms with van der Waals surface area (Å²) in [6.45, 7) is 4.16. The number of carbonyl (C=O) groups is 1. The monoisotopic (exact) mass is 357 g/mol. The number of rotatable bonds is 5. The van der Waals surface area contributed by atoms with Crippen molar-refractivity contribution in [1.82, 2.24) is 9.72 Å². The Morgan fingerprint density at radius 3 is 2.68 bits per heavy atom. The molecule has 0 aliphatic carbocycles. The van der Waals surface area contributed by atoms with Gasteiger partial charge in [0.2, 0.25) is 0 Å². The average molecular weight is 357 g/mol. The van der Waals surface area contributed by atoms with Gasteiger partial charge in [-0.2, -0.15) is 4.99 Å². The number of nitrogens with zero attached hydrogens (tertiary/aromatic N) is 3. The lowest BCUT2D eigenvalue weighted by atomic mass is 10.1. The molecule has 0 N–H and O–H groups in total. The zero-order chi connectivity index (χ0) is 17.8. The van der Waals surface area contributed by atoms with Gasteiger partial charge in [0.05, 0.1) is 17.7 Å². The summed E-state index contributed by atoms with van der Waals surface area (Å²) in [5.41, 5.74) is 2.70. The van der Waals surface area contributed by atoms with Crippen molar-refractivity contribution in [2.24, 2.45) is 12.0 Å². The fraction of sp³-hybridized carbons (Fsp3) is 0.278. The smallest absolute Gasteiger partial charge is 0.252 e. The molecule has 0 saturated heterocycles. The Balaban J connectivity index is 1.61. The highest BCUT2D eigenvalue weighted by Crippen LogP contribution is 2.18. The van der Waals surface area contributed by atoms with Gasteiger partial charge in [0, 0.05) is 18.6 Å². The Kier molecular flexibility index (Phi) is 5.14. The van der Waals surface area contributed by atoms with Gasteiger partial charge in [0.25, 0.3) is 5.91 Å². The molecular formula is C18H19N3O3S. The van der Waals surface area contributed by atoms with Crippen LogP contribution >= 0.6 is 11.3 Å². The highest BCUT2D eigenvalue weighted by molar-refractivity contribution is 7.07. The Labute approximate surface area is 149 Å². The van der Waals surface area contributed by atoms with Crippen molar-refractivity contribution in [1.29, 1.82) is 0 Å². The molecule has 25 heavy (non-hydrogen) atoms. The summed E-state index contributed by atoms with van der Waals surface area (Å²) in [4.78, 5) is 16.9. The molecule has 0 saturated carbocycles. The van der Waals surface area contributed by atoms with Crippen LogP contribution in [0.5, 0.6) is 5.75 Å². The van der Waals surface area contributed by atoms with Gasteiger partial charge >= 0.3 is 0 Å². The van der Waals surface area contributed by atoms with Gasteiger partial charge < -0.3 is 13.8 Å². The summed E-state index contributed by atoms with van der Waals surface area (Å²) in [7, 11) is 1.87. The summed E-state index contributed by atoms with van der Waals surface area (Å²) in [6, 6.07) is 7.47. The number of hydrogen-bond donors (Lipinski definition) is 0. The molecule has 0 bridgehead atoms. The van der Waals surface area contributed by atoms with Crippen molar-refractivity contribution in [2.75, 3.05) is 0 Å². The largest absolute Gasteiger partial charge is 0.489 e. The molecular weight excluding hydrogens is 338 g/mol. The molecule has 7 heteroatoms.